The second-order valence-corrected chi connectivity index (χ2v) is 7.21. The lowest BCUT2D eigenvalue weighted by Crippen LogP contribution is -2.45. The van der Waals surface area contributed by atoms with E-state index in [1.54, 1.807) is 0 Å². The van der Waals surface area contributed by atoms with Crippen molar-refractivity contribution < 1.29 is 14.3 Å². The van der Waals surface area contributed by atoms with E-state index in [-0.39, 0.29) is 23.7 Å². The summed E-state index contributed by atoms with van der Waals surface area (Å²) in [6.07, 6.45) is 1.67. The van der Waals surface area contributed by atoms with E-state index in [1.807, 2.05) is 73.3 Å². The summed E-state index contributed by atoms with van der Waals surface area (Å²) in [5, 5.41) is 2.96. The maximum atomic E-state index is 12.6. The van der Waals surface area contributed by atoms with Crippen molar-refractivity contribution in [1.29, 1.82) is 0 Å². The van der Waals surface area contributed by atoms with E-state index in [9.17, 15) is 9.59 Å². The number of anilines is 1. The Morgan fingerprint density at radius 1 is 1.04 bits per heavy atom. The van der Waals surface area contributed by atoms with E-state index in [4.69, 9.17) is 4.74 Å². The number of hydrogen-bond acceptors (Lipinski definition) is 3. The third kappa shape index (κ3) is 5.09. The van der Waals surface area contributed by atoms with Crippen LogP contribution in [0.3, 0.4) is 0 Å². The fourth-order valence-corrected chi connectivity index (χ4v) is 3.23. The van der Waals surface area contributed by atoms with Crippen LogP contribution in [0, 0.1) is 11.8 Å². The molecule has 0 aromatic heterocycles. The monoisotopic (exact) mass is 366 g/mol. The number of hydrogen-bond donors (Lipinski definition) is 1. The van der Waals surface area contributed by atoms with Gasteiger partial charge in [0, 0.05) is 24.7 Å². The number of ether oxygens (including phenoxy) is 1. The van der Waals surface area contributed by atoms with Crippen molar-refractivity contribution in [2.75, 3.05) is 18.4 Å². The number of likely N-dealkylation sites (tertiary alicyclic amines) is 1. The van der Waals surface area contributed by atoms with Crippen LogP contribution in [-0.4, -0.2) is 29.8 Å². The highest BCUT2D eigenvalue weighted by Gasteiger charge is 2.29. The summed E-state index contributed by atoms with van der Waals surface area (Å²) in [6, 6.07) is 16.9. The number of carbonyl (C=O) groups is 2. The number of nitrogens with one attached hydrogen (secondary N) is 1. The molecule has 142 valence electrons. The summed E-state index contributed by atoms with van der Waals surface area (Å²) in [7, 11) is 0. The summed E-state index contributed by atoms with van der Waals surface area (Å²) < 4.78 is 5.76. The molecule has 1 N–H and O–H groups in total. The molecule has 5 nitrogen and oxygen atoms in total. The van der Waals surface area contributed by atoms with Gasteiger partial charge in [-0.2, -0.15) is 0 Å². The van der Waals surface area contributed by atoms with Gasteiger partial charge in [-0.05, 0) is 49.2 Å². The summed E-state index contributed by atoms with van der Waals surface area (Å²) >= 11 is 0. The lowest BCUT2D eigenvalue weighted by atomic mass is 9.96. The average Bonchev–Trinajstić information content (AvgIpc) is 2.69. The number of carbonyl (C=O) groups excluding carboxylic acids is 2. The number of benzene rings is 2. The Bertz CT molecular complexity index is 772. The molecule has 1 aliphatic heterocycles. The van der Waals surface area contributed by atoms with Gasteiger partial charge in [-0.1, -0.05) is 32.0 Å². The maximum absolute atomic E-state index is 12.6. The van der Waals surface area contributed by atoms with Crippen LogP contribution >= 0.6 is 0 Å². The fraction of sp³-hybridized carbons (Fsp3) is 0.364. The Balaban J connectivity index is 1.56. The largest absolute Gasteiger partial charge is 0.457 e. The van der Waals surface area contributed by atoms with E-state index in [0.717, 1.165) is 30.8 Å². The van der Waals surface area contributed by atoms with Gasteiger partial charge in [0.15, 0.2) is 0 Å². The summed E-state index contributed by atoms with van der Waals surface area (Å²) in [6.45, 7) is 5.03. The lowest BCUT2D eigenvalue weighted by Gasteiger charge is -2.33. The highest BCUT2D eigenvalue weighted by molar-refractivity contribution is 5.93. The highest BCUT2D eigenvalue weighted by atomic mass is 16.5. The molecule has 1 heterocycles. The lowest BCUT2D eigenvalue weighted by molar-refractivity contribution is -0.137. The van der Waals surface area contributed by atoms with Crippen molar-refractivity contribution in [3.8, 4) is 11.5 Å². The van der Waals surface area contributed by atoms with Gasteiger partial charge in [0.2, 0.25) is 11.8 Å². The Hall–Kier alpha value is -2.82. The predicted octanol–water partition coefficient (Wildman–Crippen LogP) is 4.31. The first-order valence-corrected chi connectivity index (χ1v) is 9.45. The maximum Gasteiger partial charge on any atom is 0.229 e. The van der Waals surface area contributed by atoms with Crippen molar-refractivity contribution in [2.24, 2.45) is 11.8 Å². The Kier molecular flexibility index (Phi) is 6.12. The Morgan fingerprint density at radius 3 is 2.37 bits per heavy atom. The van der Waals surface area contributed by atoms with Crippen LogP contribution in [0.5, 0.6) is 11.5 Å². The fourth-order valence-electron chi connectivity index (χ4n) is 3.23. The number of para-hydroxylation sites is 1. The summed E-state index contributed by atoms with van der Waals surface area (Å²) in [5.74, 6) is 1.37. The van der Waals surface area contributed by atoms with Crippen molar-refractivity contribution in [2.45, 2.75) is 26.7 Å². The first kappa shape index (κ1) is 19.0. The van der Waals surface area contributed by atoms with Crippen molar-refractivity contribution in [3.05, 3.63) is 54.6 Å². The molecular weight excluding hydrogens is 340 g/mol. The molecule has 1 aliphatic rings. The molecular formula is C22H26N2O3. The van der Waals surface area contributed by atoms with E-state index < -0.39 is 0 Å². The second-order valence-electron chi connectivity index (χ2n) is 7.21. The van der Waals surface area contributed by atoms with E-state index in [0.29, 0.717) is 12.3 Å². The zero-order valence-corrected chi connectivity index (χ0v) is 15.9. The van der Waals surface area contributed by atoms with E-state index in [1.165, 1.54) is 0 Å². The molecule has 0 bridgehead atoms. The molecule has 1 fully saturated rings. The first-order chi connectivity index (χ1) is 13.0. The van der Waals surface area contributed by atoms with Gasteiger partial charge in [-0.3, -0.25) is 9.59 Å². The van der Waals surface area contributed by atoms with Crippen molar-refractivity contribution in [1.82, 2.24) is 4.90 Å². The molecule has 1 atom stereocenters. The summed E-state index contributed by atoms with van der Waals surface area (Å²) in [4.78, 5) is 26.6. The zero-order chi connectivity index (χ0) is 19.2. The third-order valence-electron chi connectivity index (χ3n) is 4.70. The van der Waals surface area contributed by atoms with Crippen LogP contribution in [0.25, 0.3) is 0 Å². The number of amides is 2. The molecule has 1 saturated heterocycles. The summed E-state index contributed by atoms with van der Waals surface area (Å²) in [5.41, 5.74) is 0.729. The third-order valence-corrected chi connectivity index (χ3v) is 4.70. The SMILES string of the molecule is CC(C)C(=O)N1CCCC(C(=O)Nc2ccc(Oc3ccccc3)cc2)C1. The molecule has 2 aromatic rings. The van der Waals surface area contributed by atoms with Gasteiger partial charge in [0.05, 0.1) is 5.92 Å². The molecule has 2 amide bonds. The molecule has 1 unspecified atom stereocenters. The minimum absolute atomic E-state index is 0.0343. The van der Waals surface area contributed by atoms with Crippen molar-refractivity contribution >= 4 is 17.5 Å². The predicted molar refractivity (Wildman–Crippen MR) is 106 cm³/mol. The number of piperidine rings is 1. The molecule has 0 radical (unpaired) electrons. The van der Waals surface area contributed by atoms with Crippen LogP contribution in [0.15, 0.2) is 54.6 Å². The second kappa shape index (κ2) is 8.71. The molecule has 2 aromatic carbocycles. The molecule has 0 spiro atoms. The Morgan fingerprint density at radius 2 is 1.70 bits per heavy atom. The van der Waals surface area contributed by atoms with Crippen LogP contribution in [0.2, 0.25) is 0 Å². The van der Waals surface area contributed by atoms with Crippen molar-refractivity contribution in [3.63, 3.8) is 0 Å². The quantitative estimate of drug-likeness (QED) is 0.858. The van der Waals surface area contributed by atoms with Crippen LogP contribution in [-0.2, 0) is 9.59 Å². The molecule has 5 heteroatoms. The Labute approximate surface area is 160 Å². The zero-order valence-electron chi connectivity index (χ0n) is 15.9. The number of nitrogens with zero attached hydrogens (tertiary/aromatic N) is 1. The molecule has 0 saturated carbocycles. The standard InChI is InChI=1S/C22H26N2O3/c1-16(2)22(26)24-14-6-7-17(15-24)21(25)23-18-10-12-20(13-11-18)27-19-8-4-3-5-9-19/h3-5,8-13,16-17H,6-7,14-15H2,1-2H3,(H,23,25). The highest BCUT2D eigenvalue weighted by Crippen LogP contribution is 2.24. The smallest absolute Gasteiger partial charge is 0.229 e. The van der Waals surface area contributed by atoms with Gasteiger partial charge in [-0.15, -0.1) is 0 Å². The van der Waals surface area contributed by atoms with Crippen LogP contribution in [0.4, 0.5) is 5.69 Å². The van der Waals surface area contributed by atoms with Gasteiger partial charge in [0.1, 0.15) is 11.5 Å². The first-order valence-electron chi connectivity index (χ1n) is 9.45. The van der Waals surface area contributed by atoms with Gasteiger partial charge < -0.3 is 15.0 Å². The molecule has 3 rings (SSSR count). The van der Waals surface area contributed by atoms with E-state index >= 15 is 0 Å². The van der Waals surface area contributed by atoms with Crippen LogP contribution < -0.4 is 10.1 Å². The molecule has 0 aliphatic carbocycles. The van der Waals surface area contributed by atoms with Gasteiger partial charge in [-0.25, -0.2) is 0 Å². The molecule has 27 heavy (non-hydrogen) atoms. The van der Waals surface area contributed by atoms with Gasteiger partial charge >= 0.3 is 0 Å². The minimum atomic E-state index is -0.165. The normalized spacial score (nSPS) is 16.9. The minimum Gasteiger partial charge on any atom is -0.457 e. The topological polar surface area (TPSA) is 58.6 Å². The van der Waals surface area contributed by atoms with Crippen LogP contribution in [0.1, 0.15) is 26.7 Å². The van der Waals surface area contributed by atoms with E-state index in [2.05, 4.69) is 5.32 Å². The van der Waals surface area contributed by atoms with Gasteiger partial charge in [0.25, 0.3) is 0 Å². The average molecular weight is 366 g/mol. The number of rotatable bonds is 5.